The van der Waals surface area contributed by atoms with Gasteiger partial charge in [-0.15, -0.1) is 0 Å². The maximum Gasteiger partial charge on any atom is 0.312 e. The Kier molecular flexibility index (Phi) is 6.72. The van der Waals surface area contributed by atoms with Gasteiger partial charge in [0.2, 0.25) is 5.91 Å². The van der Waals surface area contributed by atoms with Crippen molar-refractivity contribution in [2.24, 2.45) is 5.73 Å². The molecule has 0 saturated carbocycles. The van der Waals surface area contributed by atoms with Crippen molar-refractivity contribution >= 4 is 29.4 Å². The van der Waals surface area contributed by atoms with Crippen LogP contribution in [0.15, 0.2) is 24.3 Å². The van der Waals surface area contributed by atoms with E-state index in [9.17, 15) is 9.59 Å². The number of rotatable bonds is 7. The second-order valence-corrected chi connectivity index (χ2v) is 5.05. The number of ether oxygens (including phenoxy) is 1. The minimum Gasteiger partial charge on any atom is -0.497 e. The Labute approximate surface area is 122 Å². The molecule has 3 amide bonds. The molecule has 4 N–H and O–H groups in total. The first kappa shape index (κ1) is 16.2. The van der Waals surface area contributed by atoms with Gasteiger partial charge in [-0.3, -0.25) is 4.79 Å². The zero-order chi connectivity index (χ0) is 15.0. The number of primary amides is 1. The number of nitrogens with one attached hydrogen (secondary N) is 2. The van der Waals surface area contributed by atoms with Crippen LogP contribution in [0.2, 0.25) is 0 Å². The molecule has 0 aliphatic heterocycles. The van der Waals surface area contributed by atoms with Gasteiger partial charge in [-0.25, -0.2) is 4.79 Å². The van der Waals surface area contributed by atoms with Crippen LogP contribution in [0.1, 0.15) is 6.42 Å². The first-order chi connectivity index (χ1) is 9.56. The predicted molar refractivity (Wildman–Crippen MR) is 81.1 cm³/mol. The number of carbonyl (C=O) groups excluding carboxylic acids is 2. The van der Waals surface area contributed by atoms with Gasteiger partial charge in [0.1, 0.15) is 11.8 Å². The third-order valence-corrected chi connectivity index (χ3v) is 3.22. The van der Waals surface area contributed by atoms with Crippen LogP contribution in [0, 0.1) is 0 Å². The second-order valence-electron chi connectivity index (χ2n) is 4.06. The molecule has 0 fully saturated rings. The van der Waals surface area contributed by atoms with E-state index < -0.39 is 12.1 Å². The molecular weight excluding hydrogens is 278 g/mol. The largest absolute Gasteiger partial charge is 0.497 e. The number of carbonyl (C=O) groups is 2. The monoisotopic (exact) mass is 297 g/mol. The van der Waals surface area contributed by atoms with Crippen molar-refractivity contribution in [3.8, 4) is 5.75 Å². The Balaban J connectivity index is 2.70. The normalized spacial score (nSPS) is 11.5. The predicted octanol–water partition coefficient (Wildman–Crippen LogP) is 1.42. The van der Waals surface area contributed by atoms with Crippen LogP contribution in [-0.4, -0.2) is 37.1 Å². The molecule has 6 nitrogen and oxygen atoms in total. The molecule has 0 bridgehead atoms. The summed E-state index contributed by atoms with van der Waals surface area (Å²) in [5.41, 5.74) is 5.69. The van der Waals surface area contributed by atoms with Crippen LogP contribution in [-0.2, 0) is 4.79 Å². The standard InChI is InChI=1S/C13H19N3O3S/c1-19-10-5-3-4-9(8-10)15-12(17)11(6-7-20-2)16-13(14)18/h3-5,8,11H,6-7H2,1-2H3,(H,15,17)(H3,14,16,18)/t11-/m1/s1. The molecule has 7 heteroatoms. The van der Waals surface area contributed by atoms with E-state index in [1.54, 1.807) is 43.1 Å². The van der Waals surface area contributed by atoms with Crippen molar-refractivity contribution in [1.29, 1.82) is 0 Å². The Hall–Kier alpha value is -1.89. The number of hydrogen-bond donors (Lipinski definition) is 3. The molecule has 0 spiro atoms. The molecule has 1 aromatic carbocycles. The SMILES string of the molecule is COc1cccc(NC(=O)[C@@H](CCSC)NC(N)=O)c1. The van der Waals surface area contributed by atoms with Gasteiger partial charge in [-0.05, 0) is 30.6 Å². The molecule has 110 valence electrons. The van der Waals surface area contributed by atoms with Gasteiger partial charge in [0.05, 0.1) is 7.11 Å². The lowest BCUT2D eigenvalue weighted by Crippen LogP contribution is -2.46. The molecule has 0 aliphatic carbocycles. The van der Waals surface area contributed by atoms with E-state index in [2.05, 4.69) is 10.6 Å². The summed E-state index contributed by atoms with van der Waals surface area (Å²) in [7, 11) is 1.55. The van der Waals surface area contributed by atoms with E-state index in [4.69, 9.17) is 10.5 Å². The molecule has 0 aliphatic rings. The van der Waals surface area contributed by atoms with Crippen LogP contribution < -0.4 is 21.1 Å². The zero-order valence-corrected chi connectivity index (χ0v) is 12.3. The molecule has 0 heterocycles. The van der Waals surface area contributed by atoms with Gasteiger partial charge in [-0.1, -0.05) is 6.07 Å². The number of benzene rings is 1. The average Bonchev–Trinajstić information content (AvgIpc) is 2.43. The fourth-order valence-corrected chi connectivity index (χ4v) is 2.08. The maximum atomic E-state index is 12.1. The van der Waals surface area contributed by atoms with Crippen molar-refractivity contribution in [3.05, 3.63) is 24.3 Å². The molecule has 0 saturated heterocycles. The average molecular weight is 297 g/mol. The fourth-order valence-electron chi connectivity index (χ4n) is 1.61. The Bertz CT molecular complexity index is 468. The van der Waals surface area contributed by atoms with Gasteiger partial charge in [-0.2, -0.15) is 11.8 Å². The van der Waals surface area contributed by atoms with Gasteiger partial charge in [0, 0.05) is 11.8 Å². The summed E-state index contributed by atoms with van der Waals surface area (Å²) in [6.07, 6.45) is 2.45. The van der Waals surface area contributed by atoms with E-state index in [0.29, 0.717) is 17.9 Å². The van der Waals surface area contributed by atoms with Crippen LogP contribution in [0.25, 0.3) is 0 Å². The number of nitrogens with two attached hydrogens (primary N) is 1. The Morgan fingerprint density at radius 2 is 2.20 bits per heavy atom. The van der Waals surface area contributed by atoms with Crippen molar-refractivity contribution in [2.45, 2.75) is 12.5 Å². The quantitative estimate of drug-likeness (QED) is 0.709. The summed E-state index contributed by atoms with van der Waals surface area (Å²) >= 11 is 1.59. The highest BCUT2D eigenvalue weighted by molar-refractivity contribution is 7.98. The smallest absolute Gasteiger partial charge is 0.312 e. The molecular formula is C13H19N3O3S. The molecule has 1 rings (SSSR count). The molecule has 1 atom stereocenters. The number of urea groups is 1. The molecule has 0 aromatic heterocycles. The van der Waals surface area contributed by atoms with E-state index in [1.165, 1.54) is 0 Å². The van der Waals surface area contributed by atoms with E-state index in [-0.39, 0.29) is 5.91 Å². The van der Waals surface area contributed by atoms with Crippen LogP contribution in [0.4, 0.5) is 10.5 Å². The van der Waals surface area contributed by atoms with Gasteiger partial charge >= 0.3 is 6.03 Å². The first-order valence-corrected chi connectivity index (χ1v) is 7.46. The van der Waals surface area contributed by atoms with Crippen LogP contribution in [0.3, 0.4) is 0 Å². The number of amides is 3. The topological polar surface area (TPSA) is 93.4 Å². The van der Waals surface area contributed by atoms with Gasteiger partial charge < -0.3 is 21.1 Å². The summed E-state index contributed by atoms with van der Waals surface area (Å²) in [6, 6.07) is 5.64. The van der Waals surface area contributed by atoms with Crippen LogP contribution in [0.5, 0.6) is 5.75 Å². The third-order valence-electron chi connectivity index (χ3n) is 2.58. The molecule has 0 unspecified atom stereocenters. The van der Waals surface area contributed by atoms with Crippen molar-refractivity contribution in [3.63, 3.8) is 0 Å². The fraction of sp³-hybridized carbons (Fsp3) is 0.385. The Morgan fingerprint density at radius 3 is 2.80 bits per heavy atom. The number of hydrogen-bond acceptors (Lipinski definition) is 4. The third kappa shape index (κ3) is 5.40. The summed E-state index contributed by atoms with van der Waals surface area (Å²) < 4.78 is 5.08. The highest BCUT2D eigenvalue weighted by Crippen LogP contribution is 2.17. The molecule has 1 aromatic rings. The van der Waals surface area contributed by atoms with Gasteiger partial charge in [0.15, 0.2) is 0 Å². The van der Waals surface area contributed by atoms with Crippen molar-refractivity contribution in [1.82, 2.24) is 5.32 Å². The zero-order valence-electron chi connectivity index (χ0n) is 11.5. The summed E-state index contributed by atoms with van der Waals surface area (Å²) in [4.78, 5) is 23.1. The summed E-state index contributed by atoms with van der Waals surface area (Å²) in [5, 5.41) is 5.18. The minimum atomic E-state index is -0.711. The van der Waals surface area contributed by atoms with Crippen molar-refractivity contribution in [2.75, 3.05) is 24.4 Å². The maximum absolute atomic E-state index is 12.1. The number of methoxy groups -OCH3 is 1. The van der Waals surface area contributed by atoms with E-state index in [1.807, 2.05) is 6.26 Å². The lowest BCUT2D eigenvalue weighted by molar-refractivity contribution is -0.117. The first-order valence-electron chi connectivity index (χ1n) is 6.06. The van der Waals surface area contributed by atoms with E-state index in [0.717, 1.165) is 5.75 Å². The summed E-state index contributed by atoms with van der Waals surface area (Å²) in [5.74, 6) is 1.09. The molecule has 0 radical (unpaired) electrons. The van der Waals surface area contributed by atoms with Gasteiger partial charge in [0.25, 0.3) is 0 Å². The number of anilines is 1. The van der Waals surface area contributed by atoms with Crippen molar-refractivity contribution < 1.29 is 14.3 Å². The van der Waals surface area contributed by atoms with E-state index >= 15 is 0 Å². The van der Waals surface area contributed by atoms with Crippen LogP contribution >= 0.6 is 11.8 Å². The lowest BCUT2D eigenvalue weighted by Gasteiger charge is -2.17. The highest BCUT2D eigenvalue weighted by Gasteiger charge is 2.19. The lowest BCUT2D eigenvalue weighted by atomic mass is 10.2. The number of thioether (sulfide) groups is 1. The summed E-state index contributed by atoms with van der Waals surface area (Å²) in [6.45, 7) is 0. The highest BCUT2D eigenvalue weighted by atomic mass is 32.2. The Morgan fingerprint density at radius 1 is 1.45 bits per heavy atom. The minimum absolute atomic E-state index is 0.300. The second kappa shape index (κ2) is 8.31. The molecule has 20 heavy (non-hydrogen) atoms.